The van der Waals surface area contributed by atoms with Crippen LogP contribution in [-0.2, 0) is 31.9 Å². The monoisotopic (exact) mass is 473 g/mol. The van der Waals surface area contributed by atoms with E-state index in [0.717, 1.165) is 36.1 Å². The average molecular weight is 474 g/mol. The zero-order chi connectivity index (χ0) is 23.6. The largest absolute Gasteiger partial charge is 0.466 e. The summed E-state index contributed by atoms with van der Waals surface area (Å²) in [5.74, 6) is -1.79. The topological polar surface area (TPSA) is 124 Å². The molecule has 0 saturated heterocycles. The summed E-state index contributed by atoms with van der Waals surface area (Å²) in [5, 5.41) is 5.85. The Morgan fingerprint density at radius 1 is 1.15 bits per heavy atom. The van der Waals surface area contributed by atoms with Crippen molar-refractivity contribution in [1.29, 1.82) is 0 Å². The molecular weight excluding hydrogens is 446 g/mol. The molecule has 3 rings (SSSR count). The predicted molar refractivity (Wildman–Crippen MR) is 122 cm³/mol. The highest BCUT2D eigenvalue weighted by Crippen LogP contribution is 2.38. The highest BCUT2D eigenvalue weighted by atomic mass is 32.1. The summed E-state index contributed by atoms with van der Waals surface area (Å²) < 4.78 is 10.1. The maximum Gasteiger partial charge on any atom is 0.341 e. The summed E-state index contributed by atoms with van der Waals surface area (Å²) in [5.41, 5.74) is 1.58. The van der Waals surface area contributed by atoms with Crippen LogP contribution >= 0.6 is 11.3 Å². The highest BCUT2D eigenvalue weighted by Gasteiger charge is 2.28. The second-order valence-corrected chi connectivity index (χ2v) is 8.55. The second-order valence-electron chi connectivity index (χ2n) is 7.45. The van der Waals surface area contributed by atoms with Crippen LogP contribution < -0.4 is 10.6 Å². The number of esters is 2. The van der Waals surface area contributed by atoms with Gasteiger partial charge in [0.05, 0.1) is 17.7 Å². The number of hydrogen-bond donors (Lipinski definition) is 2. The maximum absolute atomic E-state index is 12.9. The number of thiophene rings is 1. The molecule has 0 spiro atoms. The van der Waals surface area contributed by atoms with Gasteiger partial charge in [-0.1, -0.05) is 0 Å². The van der Waals surface area contributed by atoms with E-state index in [9.17, 15) is 19.2 Å². The van der Waals surface area contributed by atoms with Gasteiger partial charge in [-0.05, 0) is 56.7 Å². The van der Waals surface area contributed by atoms with Crippen molar-refractivity contribution in [2.24, 2.45) is 0 Å². The summed E-state index contributed by atoms with van der Waals surface area (Å²) >= 11 is 1.37. The van der Waals surface area contributed by atoms with E-state index in [1.807, 2.05) is 0 Å². The highest BCUT2D eigenvalue weighted by molar-refractivity contribution is 7.17. The van der Waals surface area contributed by atoms with Crippen molar-refractivity contribution in [2.75, 3.05) is 25.1 Å². The molecule has 2 N–H and O–H groups in total. The van der Waals surface area contributed by atoms with Crippen molar-refractivity contribution in [3.05, 3.63) is 46.1 Å². The Hall–Kier alpha value is -3.27. The standard InChI is InChI=1S/C23H27N3O6S/c1-2-31-19(28)10-6-12-25-18(27)14-32-23(30)20-16-8-3-4-9-17(16)33-22(20)26-21(29)15-7-5-11-24-13-15/h5,7,11,13H,2-4,6,8-10,12,14H2,1H3,(H,25,27)(H,26,29). The van der Waals surface area contributed by atoms with Crippen LogP contribution in [0.5, 0.6) is 0 Å². The van der Waals surface area contributed by atoms with Gasteiger partial charge in [0.1, 0.15) is 5.00 Å². The number of hydrogen-bond acceptors (Lipinski definition) is 8. The van der Waals surface area contributed by atoms with Crippen LogP contribution in [0.4, 0.5) is 5.00 Å². The third-order valence-corrected chi connectivity index (χ3v) is 6.25. The molecule has 176 valence electrons. The molecule has 2 amide bonds. The lowest BCUT2D eigenvalue weighted by Gasteiger charge is -2.13. The number of ether oxygens (including phenoxy) is 2. The zero-order valence-electron chi connectivity index (χ0n) is 18.5. The molecule has 0 bridgehead atoms. The van der Waals surface area contributed by atoms with E-state index in [1.54, 1.807) is 25.3 Å². The number of amides is 2. The van der Waals surface area contributed by atoms with Gasteiger partial charge in [-0.15, -0.1) is 11.3 Å². The molecule has 2 aromatic heterocycles. The Kier molecular flexibility index (Phi) is 8.94. The predicted octanol–water partition coefficient (Wildman–Crippen LogP) is 2.89. The molecule has 1 aliphatic carbocycles. The molecule has 2 aromatic rings. The van der Waals surface area contributed by atoms with Crippen molar-refractivity contribution >= 4 is 40.1 Å². The fourth-order valence-electron chi connectivity index (χ4n) is 3.49. The van der Waals surface area contributed by atoms with Crippen LogP contribution in [0.25, 0.3) is 0 Å². The Balaban J connectivity index is 1.60. The number of rotatable bonds is 10. The molecule has 0 atom stereocenters. The maximum atomic E-state index is 12.9. The molecule has 2 heterocycles. The quantitative estimate of drug-likeness (QED) is 0.402. The number of pyridine rings is 1. The number of anilines is 1. The molecule has 0 aromatic carbocycles. The van der Waals surface area contributed by atoms with Gasteiger partial charge in [-0.2, -0.15) is 0 Å². The van der Waals surface area contributed by atoms with Gasteiger partial charge in [0.15, 0.2) is 6.61 Å². The molecule has 0 unspecified atom stereocenters. The van der Waals surface area contributed by atoms with E-state index < -0.39 is 18.5 Å². The number of carbonyl (C=O) groups excluding carboxylic acids is 4. The van der Waals surface area contributed by atoms with Gasteiger partial charge < -0.3 is 20.1 Å². The minimum atomic E-state index is -0.641. The van der Waals surface area contributed by atoms with Crippen molar-refractivity contribution in [3.63, 3.8) is 0 Å². The van der Waals surface area contributed by atoms with E-state index in [4.69, 9.17) is 9.47 Å². The van der Waals surface area contributed by atoms with E-state index in [-0.39, 0.29) is 24.8 Å². The van der Waals surface area contributed by atoms with Gasteiger partial charge in [0.25, 0.3) is 11.8 Å². The number of nitrogens with one attached hydrogen (secondary N) is 2. The van der Waals surface area contributed by atoms with Crippen LogP contribution in [-0.4, -0.2) is 48.5 Å². The molecule has 0 saturated carbocycles. The van der Waals surface area contributed by atoms with Crippen LogP contribution in [0.15, 0.2) is 24.5 Å². The summed E-state index contributed by atoms with van der Waals surface area (Å²) in [6.45, 7) is 1.88. The number of aromatic nitrogens is 1. The minimum absolute atomic E-state index is 0.203. The summed E-state index contributed by atoms with van der Waals surface area (Å²) in [6, 6.07) is 3.30. The van der Waals surface area contributed by atoms with Gasteiger partial charge in [0, 0.05) is 30.2 Å². The lowest BCUT2D eigenvalue weighted by Crippen LogP contribution is -2.30. The molecular formula is C23H27N3O6S. The summed E-state index contributed by atoms with van der Waals surface area (Å²) in [4.78, 5) is 53.9. The van der Waals surface area contributed by atoms with Gasteiger partial charge in [-0.25, -0.2) is 4.79 Å². The smallest absolute Gasteiger partial charge is 0.341 e. The first-order valence-electron chi connectivity index (χ1n) is 10.9. The van der Waals surface area contributed by atoms with Gasteiger partial charge in [0.2, 0.25) is 0 Å². The number of carbonyl (C=O) groups is 4. The first kappa shape index (κ1) is 24.4. The van der Waals surface area contributed by atoms with Crippen molar-refractivity contribution in [1.82, 2.24) is 10.3 Å². The second kappa shape index (κ2) is 12.1. The molecule has 10 heteroatoms. The number of nitrogens with zero attached hydrogens (tertiary/aromatic N) is 1. The Bertz CT molecular complexity index is 1010. The van der Waals surface area contributed by atoms with Crippen LogP contribution in [0.2, 0.25) is 0 Å². The summed E-state index contributed by atoms with van der Waals surface area (Å²) in [6.07, 6.45) is 7.19. The van der Waals surface area contributed by atoms with E-state index >= 15 is 0 Å². The van der Waals surface area contributed by atoms with Crippen molar-refractivity contribution in [2.45, 2.75) is 45.4 Å². The van der Waals surface area contributed by atoms with Crippen molar-refractivity contribution in [3.8, 4) is 0 Å². The third kappa shape index (κ3) is 6.85. The number of fused-ring (bicyclic) bond motifs is 1. The first-order chi connectivity index (χ1) is 16.0. The molecule has 1 aliphatic rings. The minimum Gasteiger partial charge on any atom is -0.466 e. The van der Waals surface area contributed by atoms with Crippen molar-refractivity contribution < 1.29 is 28.7 Å². The normalized spacial score (nSPS) is 12.4. The molecule has 9 nitrogen and oxygen atoms in total. The van der Waals surface area contributed by atoms with Crippen LogP contribution in [0.1, 0.15) is 63.8 Å². The SMILES string of the molecule is CCOC(=O)CCCNC(=O)COC(=O)c1c(NC(=O)c2cccnc2)sc2c1CCCC2. The summed E-state index contributed by atoms with van der Waals surface area (Å²) in [7, 11) is 0. The lowest BCUT2D eigenvalue weighted by atomic mass is 9.95. The first-order valence-corrected chi connectivity index (χ1v) is 11.8. The zero-order valence-corrected chi connectivity index (χ0v) is 19.3. The Morgan fingerprint density at radius 2 is 1.97 bits per heavy atom. The fourth-order valence-corrected chi connectivity index (χ4v) is 4.76. The average Bonchev–Trinajstić information content (AvgIpc) is 3.19. The van der Waals surface area contributed by atoms with Crippen LogP contribution in [0.3, 0.4) is 0 Å². The number of aryl methyl sites for hydroxylation is 1. The molecule has 0 radical (unpaired) electrons. The van der Waals surface area contributed by atoms with Gasteiger partial charge in [-0.3, -0.25) is 19.4 Å². The molecule has 33 heavy (non-hydrogen) atoms. The Labute approximate surface area is 195 Å². The van der Waals surface area contributed by atoms with E-state index in [0.29, 0.717) is 29.2 Å². The Morgan fingerprint density at radius 3 is 2.73 bits per heavy atom. The third-order valence-electron chi connectivity index (χ3n) is 5.05. The van der Waals surface area contributed by atoms with E-state index in [2.05, 4.69) is 15.6 Å². The van der Waals surface area contributed by atoms with E-state index in [1.165, 1.54) is 17.5 Å². The molecule has 0 aliphatic heterocycles. The lowest BCUT2D eigenvalue weighted by molar-refractivity contribution is -0.143. The van der Waals surface area contributed by atoms with Gasteiger partial charge >= 0.3 is 11.9 Å². The van der Waals surface area contributed by atoms with Crippen LogP contribution in [0, 0.1) is 0 Å². The fraction of sp³-hybridized carbons (Fsp3) is 0.435. The molecule has 0 fully saturated rings.